The molecule has 100 valence electrons. The fraction of sp³-hybridized carbons (Fsp3) is 0. The third kappa shape index (κ3) is 2.48. The van der Waals surface area contributed by atoms with Crippen LogP contribution in [-0.2, 0) is 0 Å². The minimum Gasteiger partial charge on any atom is -0.345 e. The molecule has 8 heteroatoms. The van der Waals surface area contributed by atoms with E-state index in [4.69, 9.17) is 0 Å². The highest BCUT2D eigenvalue weighted by molar-refractivity contribution is 6.00. The molecule has 0 atom stereocenters. The van der Waals surface area contributed by atoms with E-state index in [0.717, 1.165) is 11.0 Å². The molecule has 0 aliphatic rings. The van der Waals surface area contributed by atoms with E-state index in [0.29, 0.717) is 5.69 Å². The largest absolute Gasteiger partial charge is 0.345 e. The smallest absolute Gasteiger partial charge is 0.324 e. The molecule has 2 aromatic heterocycles. The molecule has 0 unspecified atom stereocenters. The Bertz CT molecular complexity index is 801. The maximum absolute atomic E-state index is 11.8. The second kappa shape index (κ2) is 4.84. The monoisotopic (exact) mass is 270 g/mol. The van der Waals surface area contributed by atoms with Crippen molar-refractivity contribution in [2.24, 2.45) is 0 Å². The Morgan fingerprint density at radius 2 is 2.05 bits per heavy atom. The Kier molecular flexibility index (Phi) is 2.88. The number of amides is 2. The number of urea groups is 1. The SMILES string of the molecule is O=C(Nc1ccc2nc[nH]c2c1)Nc1ccc(=O)[nH]n1. The Balaban J connectivity index is 1.71. The molecule has 2 heterocycles. The predicted molar refractivity (Wildman–Crippen MR) is 73.6 cm³/mol. The zero-order chi connectivity index (χ0) is 13.9. The molecule has 8 nitrogen and oxygen atoms in total. The predicted octanol–water partition coefficient (Wildman–Crippen LogP) is 1.29. The van der Waals surface area contributed by atoms with Crippen LogP contribution < -0.4 is 16.2 Å². The van der Waals surface area contributed by atoms with Gasteiger partial charge in [-0.1, -0.05) is 0 Å². The first-order valence-electron chi connectivity index (χ1n) is 5.77. The van der Waals surface area contributed by atoms with Crippen molar-refractivity contribution in [2.75, 3.05) is 10.6 Å². The Morgan fingerprint density at radius 3 is 2.85 bits per heavy atom. The summed E-state index contributed by atoms with van der Waals surface area (Å²) in [5, 5.41) is 11.1. The quantitative estimate of drug-likeness (QED) is 0.561. The van der Waals surface area contributed by atoms with Gasteiger partial charge in [-0.3, -0.25) is 10.1 Å². The first kappa shape index (κ1) is 11.9. The van der Waals surface area contributed by atoms with Crippen molar-refractivity contribution in [2.45, 2.75) is 0 Å². The summed E-state index contributed by atoms with van der Waals surface area (Å²) in [4.78, 5) is 29.6. The van der Waals surface area contributed by atoms with Gasteiger partial charge in [-0.25, -0.2) is 14.9 Å². The van der Waals surface area contributed by atoms with E-state index in [9.17, 15) is 9.59 Å². The summed E-state index contributed by atoms with van der Waals surface area (Å²) in [5.74, 6) is 0.254. The van der Waals surface area contributed by atoms with Gasteiger partial charge >= 0.3 is 6.03 Å². The molecule has 20 heavy (non-hydrogen) atoms. The average Bonchev–Trinajstić information content (AvgIpc) is 2.89. The van der Waals surface area contributed by atoms with Gasteiger partial charge in [0.1, 0.15) is 0 Å². The number of rotatable bonds is 2. The Labute approximate surface area is 112 Å². The number of fused-ring (bicyclic) bond motifs is 1. The zero-order valence-corrected chi connectivity index (χ0v) is 10.2. The van der Waals surface area contributed by atoms with Crippen LogP contribution in [0.25, 0.3) is 11.0 Å². The lowest BCUT2D eigenvalue weighted by Gasteiger charge is -2.06. The minimum absolute atomic E-state index is 0.254. The van der Waals surface area contributed by atoms with Crippen LogP contribution in [0.2, 0.25) is 0 Å². The number of anilines is 2. The van der Waals surface area contributed by atoms with E-state index < -0.39 is 6.03 Å². The molecule has 0 saturated heterocycles. The van der Waals surface area contributed by atoms with Crippen LogP contribution in [0.1, 0.15) is 0 Å². The first-order valence-corrected chi connectivity index (χ1v) is 5.77. The second-order valence-electron chi connectivity index (χ2n) is 4.02. The zero-order valence-electron chi connectivity index (χ0n) is 10.2. The van der Waals surface area contributed by atoms with Crippen molar-refractivity contribution >= 4 is 28.6 Å². The Morgan fingerprint density at radius 1 is 1.15 bits per heavy atom. The topological polar surface area (TPSA) is 116 Å². The van der Waals surface area contributed by atoms with Gasteiger partial charge < -0.3 is 10.3 Å². The van der Waals surface area contributed by atoms with Crippen LogP contribution >= 0.6 is 0 Å². The van der Waals surface area contributed by atoms with Gasteiger partial charge in [0.2, 0.25) is 0 Å². The number of hydrogen-bond acceptors (Lipinski definition) is 4. The first-order chi connectivity index (χ1) is 9.70. The third-order valence-corrected chi connectivity index (χ3v) is 2.60. The lowest BCUT2D eigenvalue weighted by molar-refractivity contribution is 0.262. The number of carbonyl (C=O) groups excluding carboxylic acids is 1. The van der Waals surface area contributed by atoms with Crippen molar-refractivity contribution in [1.82, 2.24) is 20.2 Å². The van der Waals surface area contributed by atoms with Crippen LogP contribution in [0, 0.1) is 0 Å². The molecule has 2 amide bonds. The van der Waals surface area contributed by atoms with Crippen molar-refractivity contribution in [1.29, 1.82) is 0 Å². The van der Waals surface area contributed by atoms with E-state index in [1.807, 2.05) is 0 Å². The van der Waals surface area contributed by atoms with Gasteiger partial charge in [0.05, 0.1) is 17.4 Å². The van der Waals surface area contributed by atoms with Crippen LogP contribution in [0.15, 0.2) is 41.5 Å². The molecule has 3 aromatic rings. The number of nitrogens with zero attached hydrogens (tertiary/aromatic N) is 2. The number of imidazole rings is 1. The van der Waals surface area contributed by atoms with Gasteiger partial charge in [0.15, 0.2) is 5.82 Å². The molecular formula is C12H10N6O2. The molecular weight excluding hydrogens is 260 g/mol. The third-order valence-electron chi connectivity index (χ3n) is 2.60. The van der Waals surface area contributed by atoms with Gasteiger partial charge in [-0.05, 0) is 24.3 Å². The summed E-state index contributed by atoms with van der Waals surface area (Å²) in [6.07, 6.45) is 1.58. The summed E-state index contributed by atoms with van der Waals surface area (Å²) in [7, 11) is 0. The number of aromatic nitrogens is 4. The van der Waals surface area contributed by atoms with Gasteiger partial charge in [0, 0.05) is 11.8 Å². The maximum atomic E-state index is 11.8. The number of carbonyl (C=O) groups is 1. The number of H-pyrrole nitrogens is 2. The molecule has 0 spiro atoms. The fourth-order valence-electron chi connectivity index (χ4n) is 1.71. The lowest BCUT2D eigenvalue weighted by atomic mass is 10.3. The number of aromatic amines is 2. The maximum Gasteiger partial charge on any atom is 0.324 e. The van der Waals surface area contributed by atoms with E-state index >= 15 is 0 Å². The highest BCUT2D eigenvalue weighted by atomic mass is 16.2. The fourth-order valence-corrected chi connectivity index (χ4v) is 1.71. The second-order valence-corrected chi connectivity index (χ2v) is 4.02. The normalized spacial score (nSPS) is 10.4. The molecule has 0 fully saturated rings. The van der Waals surface area contributed by atoms with E-state index in [2.05, 4.69) is 30.8 Å². The summed E-state index contributed by atoms with van der Waals surface area (Å²) >= 11 is 0. The van der Waals surface area contributed by atoms with Gasteiger partial charge in [-0.15, -0.1) is 0 Å². The highest BCUT2D eigenvalue weighted by Crippen LogP contribution is 2.15. The highest BCUT2D eigenvalue weighted by Gasteiger charge is 2.05. The van der Waals surface area contributed by atoms with Crippen molar-refractivity contribution < 1.29 is 4.79 Å². The van der Waals surface area contributed by atoms with Crippen LogP contribution in [0.5, 0.6) is 0 Å². The van der Waals surface area contributed by atoms with Crippen LogP contribution in [0.4, 0.5) is 16.3 Å². The van der Waals surface area contributed by atoms with Crippen molar-refractivity contribution in [3.63, 3.8) is 0 Å². The van der Waals surface area contributed by atoms with Crippen molar-refractivity contribution in [3.05, 3.63) is 47.0 Å². The molecule has 0 aliphatic heterocycles. The van der Waals surface area contributed by atoms with E-state index in [1.54, 1.807) is 24.5 Å². The van der Waals surface area contributed by atoms with E-state index in [-0.39, 0.29) is 11.4 Å². The van der Waals surface area contributed by atoms with Gasteiger partial charge in [-0.2, -0.15) is 5.10 Å². The molecule has 0 radical (unpaired) electrons. The molecule has 0 aliphatic carbocycles. The molecule has 0 bridgehead atoms. The summed E-state index contributed by atoms with van der Waals surface area (Å²) in [6.45, 7) is 0. The lowest BCUT2D eigenvalue weighted by Crippen LogP contribution is -2.21. The molecule has 1 aromatic carbocycles. The molecule has 0 saturated carbocycles. The summed E-state index contributed by atoms with van der Waals surface area (Å²) in [5.41, 5.74) is 1.92. The summed E-state index contributed by atoms with van der Waals surface area (Å²) < 4.78 is 0. The Hall–Kier alpha value is -3.16. The standard InChI is InChI=1S/C12H10N6O2/c19-11-4-3-10(17-18-11)16-12(20)15-7-1-2-8-9(5-7)14-6-13-8/h1-6H,(H,13,14)(H,18,19)(H2,15,16,17,20). The molecule has 3 rings (SSSR count). The average molecular weight is 270 g/mol. The minimum atomic E-state index is -0.455. The van der Waals surface area contributed by atoms with E-state index in [1.165, 1.54) is 12.1 Å². The number of nitrogens with one attached hydrogen (secondary N) is 4. The van der Waals surface area contributed by atoms with Crippen LogP contribution in [-0.4, -0.2) is 26.2 Å². The van der Waals surface area contributed by atoms with Crippen LogP contribution in [0.3, 0.4) is 0 Å². The molecule has 4 N–H and O–H groups in total. The van der Waals surface area contributed by atoms with Crippen molar-refractivity contribution in [3.8, 4) is 0 Å². The summed E-state index contributed by atoms with van der Waals surface area (Å²) in [6, 6.07) is 7.53. The number of benzene rings is 1. The number of hydrogen-bond donors (Lipinski definition) is 4. The van der Waals surface area contributed by atoms with Gasteiger partial charge in [0.25, 0.3) is 5.56 Å².